The Kier molecular flexibility index (Phi) is 4.61. The van der Waals surface area contributed by atoms with Gasteiger partial charge in [0.15, 0.2) is 5.88 Å². The topological polar surface area (TPSA) is 88.3 Å². The second-order valence-electron chi connectivity index (χ2n) is 9.35. The third-order valence-corrected chi connectivity index (χ3v) is 7.41. The predicted octanol–water partition coefficient (Wildman–Crippen LogP) is 3.59. The van der Waals surface area contributed by atoms with Crippen LogP contribution in [-0.2, 0) is 6.42 Å². The van der Waals surface area contributed by atoms with E-state index in [0.29, 0.717) is 18.1 Å². The second kappa shape index (κ2) is 7.52. The molecule has 2 fully saturated rings. The van der Waals surface area contributed by atoms with Crippen LogP contribution in [0.15, 0.2) is 24.4 Å². The first-order valence-corrected chi connectivity index (χ1v) is 11.7. The highest BCUT2D eigenvalue weighted by Crippen LogP contribution is 2.42. The van der Waals surface area contributed by atoms with Gasteiger partial charge in [-0.3, -0.25) is 4.79 Å². The van der Waals surface area contributed by atoms with Crippen molar-refractivity contribution in [3.63, 3.8) is 0 Å². The molecule has 2 aliphatic heterocycles. The number of allylic oxidation sites excluding steroid dienone is 1. The summed E-state index contributed by atoms with van der Waals surface area (Å²) in [7, 11) is 0. The summed E-state index contributed by atoms with van der Waals surface area (Å²) in [5.74, 6) is 0.268. The Morgan fingerprint density at radius 2 is 2.06 bits per heavy atom. The fraction of sp³-hybridized carbons (Fsp3) is 0.440. The summed E-state index contributed by atoms with van der Waals surface area (Å²) in [5.41, 5.74) is 6.07. The van der Waals surface area contributed by atoms with Gasteiger partial charge in [0.1, 0.15) is 5.65 Å². The molecule has 0 spiro atoms. The lowest BCUT2D eigenvalue weighted by molar-refractivity contribution is 0.0707. The Labute approximate surface area is 187 Å². The zero-order valence-corrected chi connectivity index (χ0v) is 18.4. The fourth-order valence-corrected chi connectivity index (χ4v) is 5.91. The fourth-order valence-electron chi connectivity index (χ4n) is 5.91. The van der Waals surface area contributed by atoms with Crippen molar-refractivity contribution in [2.75, 3.05) is 26.2 Å². The maximum Gasteiger partial charge on any atom is 0.256 e. The van der Waals surface area contributed by atoms with Crippen molar-refractivity contribution < 1.29 is 9.90 Å². The lowest BCUT2D eigenvalue weighted by Crippen LogP contribution is -2.42. The molecule has 166 valence electrons. The van der Waals surface area contributed by atoms with Crippen molar-refractivity contribution >= 4 is 22.5 Å². The summed E-state index contributed by atoms with van der Waals surface area (Å²) in [6, 6.07) is 4.14. The Morgan fingerprint density at radius 1 is 1.22 bits per heavy atom. The quantitative estimate of drug-likeness (QED) is 0.589. The minimum Gasteiger partial charge on any atom is -0.494 e. The first-order chi connectivity index (χ1) is 15.6. The molecule has 1 atom stereocenters. The number of H-pyrrole nitrogens is 2. The molecule has 1 amide bonds. The molecular formula is C25H29N5O2. The summed E-state index contributed by atoms with van der Waals surface area (Å²) in [6.07, 6.45) is 9.22. The van der Waals surface area contributed by atoms with Crippen molar-refractivity contribution in [2.45, 2.75) is 45.1 Å². The molecular weight excluding hydrogens is 402 g/mol. The highest BCUT2D eigenvalue weighted by Gasteiger charge is 2.36. The highest BCUT2D eigenvalue weighted by molar-refractivity contribution is 6.04. The van der Waals surface area contributed by atoms with Gasteiger partial charge in [0.05, 0.1) is 16.8 Å². The van der Waals surface area contributed by atoms with Crippen LogP contribution in [0.2, 0.25) is 0 Å². The lowest BCUT2D eigenvalue weighted by atomic mass is 10.0. The standard InChI is InChI=1S/C25H29N5O2/c1-15-20(25(32)30-13-5-6-16(30)14-29-11-2-3-12-29)17-8-9-18(22(17)27-15)21-19-7-4-10-26-23(19)28-24(21)31/h4,7,9-10,16,27,31H,2-3,5-6,8,11-14H2,1H3,(H,26,28)/t16-/m0/s1. The van der Waals surface area contributed by atoms with Crippen LogP contribution in [0, 0.1) is 6.92 Å². The van der Waals surface area contributed by atoms with Crippen molar-refractivity contribution in [1.82, 2.24) is 24.8 Å². The average Bonchev–Trinajstić information content (AvgIpc) is 3.57. The van der Waals surface area contributed by atoms with Crippen molar-refractivity contribution in [2.24, 2.45) is 0 Å². The molecule has 7 heteroatoms. The van der Waals surface area contributed by atoms with E-state index in [4.69, 9.17) is 0 Å². The molecule has 0 radical (unpaired) electrons. The van der Waals surface area contributed by atoms with Gasteiger partial charge in [-0.1, -0.05) is 6.08 Å². The van der Waals surface area contributed by atoms with Crippen LogP contribution in [-0.4, -0.2) is 68.0 Å². The second-order valence-corrected chi connectivity index (χ2v) is 9.35. The van der Waals surface area contributed by atoms with Gasteiger partial charge >= 0.3 is 0 Å². The molecule has 3 aromatic rings. The molecule has 5 heterocycles. The smallest absolute Gasteiger partial charge is 0.256 e. The molecule has 0 saturated carbocycles. The number of fused-ring (bicyclic) bond motifs is 2. The Bertz CT molecular complexity index is 1230. The normalized spacial score (nSPS) is 21.0. The number of carbonyl (C=O) groups is 1. The van der Waals surface area contributed by atoms with Gasteiger partial charge in [-0.25, -0.2) is 4.98 Å². The monoisotopic (exact) mass is 431 g/mol. The van der Waals surface area contributed by atoms with Crippen LogP contribution >= 0.6 is 0 Å². The SMILES string of the molecule is Cc1[nH]c2c(c1C(=O)N1CCC[C@H]1CN1CCCC1)CC=C2c1c(O)[nH]c2ncccc12. The number of nitrogens with zero attached hydrogens (tertiary/aromatic N) is 3. The first-order valence-electron chi connectivity index (χ1n) is 11.7. The number of aromatic hydroxyl groups is 1. The van der Waals surface area contributed by atoms with Crippen molar-refractivity contribution in [3.8, 4) is 5.88 Å². The van der Waals surface area contributed by atoms with E-state index >= 15 is 0 Å². The van der Waals surface area contributed by atoms with Crippen LogP contribution < -0.4 is 0 Å². The van der Waals surface area contributed by atoms with Crippen LogP contribution in [0.5, 0.6) is 5.88 Å². The molecule has 3 aromatic heterocycles. The molecule has 0 unspecified atom stereocenters. The zero-order valence-electron chi connectivity index (χ0n) is 18.4. The number of nitrogens with one attached hydrogen (secondary N) is 2. The van der Waals surface area contributed by atoms with Gasteiger partial charge in [-0.05, 0) is 69.8 Å². The van der Waals surface area contributed by atoms with Gasteiger partial charge in [-0.15, -0.1) is 0 Å². The number of amides is 1. The first kappa shape index (κ1) is 19.6. The van der Waals surface area contributed by atoms with Crippen LogP contribution in [0.1, 0.15) is 58.6 Å². The minimum absolute atomic E-state index is 0.114. The number of carbonyl (C=O) groups excluding carboxylic acids is 1. The van der Waals surface area contributed by atoms with E-state index in [-0.39, 0.29) is 11.8 Å². The van der Waals surface area contributed by atoms with Gasteiger partial charge < -0.3 is 24.9 Å². The van der Waals surface area contributed by atoms with E-state index in [1.165, 1.54) is 12.8 Å². The summed E-state index contributed by atoms with van der Waals surface area (Å²) < 4.78 is 0. The third-order valence-electron chi connectivity index (χ3n) is 7.41. The summed E-state index contributed by atoms with van der Waals surface area (Å²) in [6.45, 7) is 6.15. The molecule has 2 saturated heterocycles. The van der Waals surface area contributed by atoms with E-state index in [9.17, 15) is 9.90 Å². The molecule has 6 rings (SSSR count). The Morgan fingerprint density at radius 3 is 2.91 bits per heavy atom. The van der Waals surface area contributed by atoms with E-state index in [1.807, 2.05) is 19.1 Å². The molecule has 7 nitrogen and oxygen atoms in total. The summed E-state index contributed by atoms with van der Waals surface area (Å²) in [4.78, 5) is 29.1. The molecule has 0 aromatic carbocycles. The Hall–Kier alpha value is -3.06. The number of hydrogen-bond acceptors (Lipinski definition) is 4. The number of rotatable bonds is 4. The zero-order chi connectivity index (χ0) is 21.8. The van der Waals surface area contributed by atoms with E-state index in [2.05, 4.69) is 30.8 Å². The average molecular weight is 432 g/mol. The van der Waals surface area contributed by atoms with Crippen LogP contribution in [0.3, 0.4) is 0 Å². The number of pyridine rings is 1. The third kappa shape index (κ3) is 2.98. The number of aromatic nitrogens is 3. The van der Waals surface area contributed by atoms with Crippen molar-refractivity contribution in [3.05, 3.63) is 52.5 Å². The molecule has 3 aliphatic rings. The maximum atomic E-state index is 13.7. The molecule has 0 bridgehead atoms. The lowest BCUT2D eigenvalue weighted by Gasteiger charge is -2.29. The molecule has 1 aliphatic carbocycles. The predicted molar refractivity (Wildman–Crippen MR) is 124 cm³/mol. The number of hydrogen-bond donors (Lipinski definition) is 3. The van der Waals surface area contributed by atoms with E-state index < -0.39 is 0 Å². The number of aryl methyl sites for hydroxylation is 1. The minimum atomic E-state index is 0.114. The summed E-state index contributed by atoms with van der Waals surface area (Å²) in [5, 5.41) is 11.5. The molecule has 3 N–H and O–H groups in total. The van der Waals surface area contributed by atoms with Gasteiger partial charge in [0.2, 0.25) is 0 Å². The van der Waals surface area contributed by atoms with Gasteiger partial charge in [-0.2, -0.15) is 0 Å². The van der Waals surface area contributed by atoms with Crippen LogP contribution in [0.4, 0.5) is 0 Å². The van der Waals surface area contributed by atoms with Crippen molar-refractivity contribution in [1.29, 1.82) is 0 Å². The Balaban J connectivity index is 1.33. The molecule has 32 heavy (non-hydrogen) atoms. The van der Waals surface area contributed by atoms with Gasteiger partial charge in [0.25, 0.3) is 5.91 Å². The van der Waals surface area contributed by atoms with E-state index in [0.717, 1.165) is 78.1 Å². The number of likely N-dealkylation sites (tertiary alicyclic amines) is 2. The maximum absolute atomic E-state index is 13.7. The largest absolute Gasteiger partial charge is 0.494 e. The number of aromatic amines is 2. The van der Waals surface area contributed by atoms with E-state index in [1.54, 1.807) is 6.20 Å². The highest BCUT2D eigenvalue weighted by atomic mass is 16.3. The summed E-state index contributed by atoms with van der Waals surface area (Å²) >= 11 is 0. The van der Waals surface area contributed by atoms with Crippen LogP contribution in [0.25, 0.3) is 16.6 Å². The van der Waals surface area contributed by atoms with Gasteiger partial charge in [0, 0.05) is 42.0 Å².